The molecule has 1 unspecified atom stereocenters. The van der Waals surface area contributed by atoms with Gasteiger partial charge in [-0.25, -0.2) is 9.59 Å². The Morgan fingerprint density at radius 3 is 2.00 bits per heavy atom. The van der Waals surface area contributed by atoms with Crippen LogP contribution in [0.15, 0.2) is 48.5 Å². The van der Waals surface area contributed by atoms with Gasteiger partial charge < -0.3 is 20.1 Å². The molecule has 1 atom stereocenters. The third kappa shape index (κ3) is 4.49. The van der Waals surface area contributed by atoms with Gasteiger partial charge in [-0.3, -0.25) is 0 Å². The molecule has 2 aromatic carbocycles. The van der Waals surface area contributed by atoms with Crippen LogP contribution < -0.4 is 4.74 Å². The van der Waals surface area contributed by atoms with E-state index in [-0.39, 0.29) is 17.4 Å². The van der Waals surface area contributed by atoms with Crippen LogP contribution >= 0.6 is 0 Å². The molecule has 0 bridgehead atoms. The molecule has 24 heavy (non-hydrogen) atoms. The number of aromatic hydroxyl groups is 1. The number of carboxylic acid groups (broad SMARTS) is 2. The minimum Gasteiger partial charge on any atom is -0.508 e. The third-order valence-corrected chi connectivity index (χ3v) is 3.63. The number of carboxylic acids is 2. The number of ether oxygens (including phenoxy) is 1. The molecule has 0 radical (unpaired) electrons. The quantitative estimate of drug-likeness (QED) is 0.674. The smallest absolute Gasteiger partial charge is 0.356 e. The highest BCUT2D eigenvalue weighted by atomic mass is 16.5. The molecule has 0 aromatic heterocycles. The first-order valence-corrected chi connectivity index (χ1v) is 7.37. The van der Waals surface area contributed by atoms with E-state index in [2.05, 4.69) is 6.92 Å². The van der Waals surface area contributed by atoms with Gasteiger partial charge >= 0.3 is 11.9 Å². The molecule has 126 valence electrons. The number of benzene rings is 2. The lowest BCUT2D eigenvalue weighted by atomic mass is 9.94. The average molecular weight is 330 g/mol. The predicted octanol–water partition coefficient (Wildman–Crippen LogP) is 2.66. The van der Waals surface area contributed by atoms with Gasteiger partial charge in [0.1, 0.15) is 11.5 Å². The molecular formula is C18H18O6. The molecule has 0 heterocycles. The van der Waals surface area contributed by atoms with Crippen molar-refractivity contribution in [2.24, 2.45) is 0 Å². The van der Waals surface area contributed by atoms with Crippen LogP contribution in [0.4, 0.5) is 0 Å². The van der Waals surface area contributed by atoms with Gasteiger partial charge in [-0.2, -0.15) is 0 Å². The Labute approximate surface area is 138 Å². The number of carbonyl (C=O) groups is 2. The fraction of sp³-hybridized carbons (Fsp3) is 0.222. The van der Waals surface area contributed by atoms with Gasteiger partial charge in [0.05, 0.1) is 0 Å². The summed E-state index contributed by atoms with van der Waals surface area (Å²) in [5.74, 6) is -2.46. The molecule has 0 saturated heterocycles. The lowest BCUT2D eigenvalue weighted by Crippen LogP contribution is -2.35. The van der Waals surface area contributed by atoms with Crippen molar-refractivity contribution < 1.29 is 29.6 Å². The summed E-state index contributed by atoms with van der Waals surface area (Å²) in [6.45, 7) is 2.06. The van der Waals surface area contributed by atoms with Crippen molar-refractivity contribution in [1.29, 1.82) is 0 Å². The second-order valence-electron chi connectivity index (χ2n) is 5.52. The first-order chi connectivity index (χ1) is 11.4. The van der Waals surface area contributed by atoms with Crippen LogP contribution in [0, 0.1) is 0 Å². The van der Waals surface area contributed by atoms with Crippen molar-refractivity contribution in [2.75, 3.05) is 0 Å². The van der Waals surface area contributed by atoms with Gasteiger partial charge in [0, 0.05) is 0 Å². The highest BCUT2D eigenvalue weighted by Crippen LogP contribution is 2.23. The zero-order valence-corrected chi connectivity index (χ0v) is 13.0. The zero-order valence-electron chi connectivity index (χ0n) is 13.0. The normalized spacial score (nSPS) is 11.9. The summed E-state index contributed by atoms with van der Waals surface area (Å²) in [5, 5.41) is 26.9. The SMILES string of the molecule is CC(Cc1ccc(OC(C(=O)O)C(=O)O)cc1)c1ccc(O)cc1. The van der Waals surface area contributed by atoms with Crippen molar-refractivity contribution in [2.45, 2.75) is 25.4 Å². The molecule has 0 aliphatic rings. The molecule has 0 aliphatic heterocycles. The van der Waals surface area contributed by atoms with Gasteiger partial charge in [0.25, 0.3) is 6.10 Å². The van der Waals surface area contributed by atoms with E-state index in [0.29, 0.717) is 0 Å². The number of hydrogen-bond acceptors (Lipinski definition) is 4. The van der Waals surface area contributed by atoms with Gasteiger partial charge in [0.15, 0.2) is 0 Å². The van der Waals surface area contributed by atoms with Crippen molar-refractivity contribution in [3.8, 4) is 11.5 Å². The van der Waals surface area contributed by atoms with E-state index in [4.69, 9.17) is 14.9 Å². The van der Waals surface area contributed by atoms with Crippen LogP contribution in [0.1, 0.15) is 24.0 Å². The Morgan fingerprint density at radius 1 is 0.958 bits per heavy atom. The molecule has 6 heteroatoms. The summed E-state index contributed by atoms with van der Waals surface area (Å²) < 4.78 is 4.97. The third-order valence-electron chi connectivity index (χ3n) is 3.63. The van der Waals surface area contributed by atoms with Crippen molar-refractivity contribution in [3.05, 3.63) is 59.7 Å². The van der Waals surface area contributed by atoms with E-state index < -0.39 is 18.0 Å². The van der Waals surface area contributed by atoms with E-state index in [1.165, 1.54) is 0 Å². The van der Waals surface area contributed by atoms with E-state index in [9.17, 15) is 14.7 Å². The fourth-order valence-electron chi connectivity index (χ4n) is 2.32. The topological polar surface area (TPSA) is 104 Å². The Balaban J connectivity index is 2.02. The maximum absolute atomic E-state index is 10.8. The minimum absolute atomic E-state index is 0.186. The van der Waals surface area contributed by atoms with Crippen LogP contribution in [0.5, 0.6) is 11.5 Å². The summed E-state index contributed by atoms with van der Waals surface area (Å²) in [4.78, 5) is 21.6. The van der Waals surface area contributed by atoms with Crippen LogP contribution in [0.25, 0.3) is 0 Å². The molecule has 6 nitrogen and oxygen atoms in total. The van der Waals surface area contributed by atoms with Crippen LogP contribution in [-0.4, -0.2) is 33.4 Å². The van der Waals surface area contributed by atoms with Crippen molar-refractivity contribution >= 4 is 11.9 Å². The Kier molecular flexibility index (Phi) is 5.42. The van der Waals surface area contributed by atoms with Gasteiger partial charge in [0.2, 0.25) is 0 Å². The largest absolute Gasteiger partial charge is 0.508 e. The van der Waals surface area contributed by atoms with Crippen LogP contribution in [0.2, 0.25) is 0 Å². The first-order valence-electron chi connectivity index (χ1n) is 7.37. The average Bonchev–Trinajstić information content (AvgIpc) is 2.54. The zero-order chi connectivity index (χ0) is 17.7. The van der Waals surface area contributed by atoms with Gasteiger partial charge in [-0.1, -0.05) is 31.2 Å². The fourth-order valence-corrected chi connectivity index (χ4v) is 2.32. The second kappa shape index (κ2) is 7.50. The summed E-state index contributed by atoms with van der Waals surface area (Å²) in [7, 11) is 0. The highest BCUT2D eigenvalue weighted by Gasteiger charge is 2.27. The summed E-state index contributed by atoms with van der Waals surface area (Å²) in [6.07, 6.45) is -1.18. The number of rotatable bonds is 7. The van der Waals surface area contributed by atoms with Gasteiger partial charge in [-0.05, 0) is 47.7 Å². The van der Waals surface area contributed by atoms with E-state index in [1.807, 2.05) is 12.1 Å². The maximum Gasteiger partial charge on any atom is 0.356 e. The second-order valence-corrected chi connectivity index (χ2v) is 5.52. The Morgan fingerprint density at radius 2 is 1.50 bits per heavy atom. The maximum atomic E-state index is 10.8. The predicted molar refractivity (Wildman–Crippen MR) is 86.4 cm³/mol. The highest BCUT2D eigenvalue weighted by molar-refractivity contribution is 5.96. The molecule has 0 amide bonds. The molecule has 3 N–H and O–H groups in total. The Hall–Kier alpha value is -3.02. The number of aliphatic carboxylic acids is 2. The molecule has 0 fully saturated rings. The monoisotopic (exact) mass is 330 g/mol. The van der Waals surface area contributed by atoms with Crippen LogP contribution in [-0.2, 0) is 16.0 Å². The number of hydrogen-bond donors (Lipinski definition) is 3. The first kappa shape index (κ1) is 17.3. The molecule has 0 saturated carbocycles. The molecule has 0 spiro atoms. The minimum atomic E-state index is -1.92. The van der Waals surface area contributed by atoms with Crippen molar-refractivity contribution in [1.82, 2.24) is 0 Å². The summed E-state index contributed by atoms with van der Waals surface area (Å²) in [5.41, 5.74) is 2.09. The Bertz CT molecular complexity index is 691. The standard InChI is InChI=1S/C18H18O6/c1-11(13-4-6-14(19)7-5-13)10-12-2-8-15(9-3-12)24-16(17(20)21)18(22)23/h2-9,11,16,19H,10H2,1H3,(H,20,21)(H,22,23). The number of phenols is 1. The molecule has 2 aromatic rings. The lowest BCUT2D eigenvalue weighted by Gasteiger charge is -2.14. The molecular weight excluding hydrogens is 312 g/mol. The lowest BCUT2D eigenvalue weighted by molar-refractivity contribution is -0.159. The molecule has 0 aliphatic carbocycles. The van der Waals surface area contributed by atoms with E-state index in [1.54, 1.807) is 36.4 Å². The van der Waals surface area contributed by atoms with E-state index >= 15 is 0 Å². The van der Waals surface area contributed by atoms with Crippen LogP contribution in [0.3, 0.4) is 0 Å². The van der Waals surface area contributed by atoms with Gasteiger partial charge in [-0.15, -0.1) is 0 Å². The van der Waals surface area contributed by atoms with E-state index in [0.717, 1.165) is 17.5 Å². The van der Waals surface area contributed by atoms with Crippen molar-refractivity contribution in [3.63, 3.8) is 0 Å². The molecule has 2 rings (SSSR count). The summed E-state index contributed by atoms with van der Waals surface area (Å²) in [6, 6.07) is 13.7. The summed E-state index contributed by atoms with van der Waals surface area (Å²) >= 11 is 0. The number of phenolic OH excluding ortho intramolecular Hbond substituents is 1.